The summed E-state index contributed by atoms with van der Waals surface area (Å²) in [5, 5.41) is 12.2. The summed E-state index contributed by atoms with van der Waals surface area (Å²) >= 11 is 0. The Morgan fingerprint density at radius 1 is 1.39 bits per heavy atom. The molecule has 0 radical (unpaired) electrons. The van der Waals surface area contributed by atoms with Crippen molar-refractivity contribution in [3.8, 4) is 0 Å². The Hall–Kier alpha value is -1.10. The molecule has 104 valence electrons. The molecular formula is C13H23NO4. The summed E-state index contributed by atoms with van der Waals surface area (Å²) in [6, 6.07) is 0. The van der Waals surface area contributed by atoms with Gasteiger partial charge >= 0.3 is 5.97 Å². The van der Waals surface area contributed by atoms with Gasteiger partial charge in [0.25, 0.3) is 0 Å². The summed E-state index contributed by atoms with van der Waals surface area (Å²) in [5.41, 5.74) is -1.29. The number of hydrogen-bond donors (Lipinski definition) is 2. The molecule has 1 aliphatic rings. The van der Waals surface area contributed by atoms with Gasteiger partial charge in [-0.1, -0.05) is 13.8 Å². The first-order valence-corrected chi connectivity index (χ1v) is 6.49. The number of carbonyl (C=O) groups is 2. The average Bonchev–Trinajstić information content (AvgIpc) is 2.72. The number of aliphatic carboxylic acids is 1. The maximum atomic E-state index is 12.0. The van der Waals surface area contributed by atoms with Crippen molar-refractivity contribution in [2.75, 3.05) is 13.2 Å². The molecule has 0 aromatic rings. The zero-order chi connectivity index (χ0) is 13.8. The van der Waals surface area contributed by atoms with Crippen LogP contribution in [0.3, 0.4) is 0 Å². The van der Waals surface area contributed by atoms with Crippen LogP contribution in [0.15, 0.2) is 0 Å². The van der Waals surface area contributed by atoms with Crippen molar-refractivity contribution in [1.29, 1.82) is 0 Å². The van der Waals surface area contributed by atoms with Crippen LogP contribution >= 0.6 is 0 Å². The third kappa shape index (κ3) is 3.22. The van der Waals surface area contributed by atoms with Gasteiger partial charge in [0.2, 0.25) is 5.91 Å². The fourth-order valence-corrected chi connectivity index (χ4v) is 2.33. The monoisotopic (exact) mass is 257 g/mol. The van der Waals surface area contributed by atoms with Gasteiger partial charge < -0.3 is 15.2 Å². The van der Waals surface area contributed by atoms with Crippen molar-refractivity contribution in [2.24, 2.45) is 5.41 Å². The number of amides is 1. The van der Waals surface area contributed by atoms with E-state index in [1.165, 1.54) is 0 Å². The van der Waals surface area contributed by atoms with Gasteiger partial charge in [0.15, 0.2) is 0 Å². The molecule has 0 saturated carbocycles. The highest BCUT2D eigenvalue weighted by Gasteiger charge is 2.39. The van der Waals surface area contributed by atoms with Gasteiger partial charge in [0, 0.05) is 13.0 Å². The Balaban J connectivity index is 2.64. The average molecular weight is 257 g/mol. The lowest BCUT2D eigenvalue weighted by Crippen LogP contribution is -2.48. The van der Waals surface area contributed by atoms with E-state index in [1.54, 1.807) is 0 Å². The highest BCUT2D eigenvalue weighted by atomic mass is 16.5. The van der Waals surface area contributed by atoms with E-state index < -0.39 is 11.4 Å². The maximum absolute atomic E-state index is 12.0. The highest BCUT2D eigenvalue weighted by molar-refractivity contribution is 5.85. The molecule has 0 aliphatic carbocycles. The zero-order valence-electron chi connectivity index (χ0n) is 11.4. The second-order valence-electron chi connectivity index (χ2n) is 5.38. The van der Waals surface area contributed by atoms with Crippen LogP contribution in [0.2, 0.25) is 0 Å². The largest absolute Gasteiger partial charge is 0.481 e. The molecule has 0 spiro atoms. The van der Waals surface area contributed by atoms with Gasteiger partial charge in [0.05, 0.1) is 17.6 Å². The summed E-state index contributed by atoms with van der Waals surface area (Å²) in [5.74, 6) is -1.09. The number of rotatable bonds is 6. The van der Waals surface area contributed by atoms with E-state index in [1.807, 2.05) is 20.8 Å². The number of nitrogens with one attached hydrogen (secondary N) is 1. The SMILES string of the molecule is CCC(CC)(CC(=O)NC1(C)CCOC1)C(=O)O. The van der Waals surface area contributed by atoms with E-state index in [2.05, 4.69) is 5.32 Å². The standard InChI is InChI=1S/C13H23NO4/c1-4-13(5-2,11(16)17)8-10(15)14-12(3)6-7-18-9-12/h4-9H2,1-3H3,(H,14,15)(H,16,17). The van der Waals surface area contributed by atoms with Crippen LogP contribution in [0.1, 0.15) is 46.5 Å². The fraction of sp³-hybridized carbons (Fsp3) is 0.846. The molecule has 5 heteroatoms. The molecule has 0 aromatic carbocycles. The molecule has 1 amide bonds. The van der Waals surface area contributed by atoms with Crippen LogP contribution in [0.5, 0.6) is 0 Å². The number of carbonyl (C=O) groups excluding carboxylic acids is 1. The lowest BCUT2D eigenvalue weighted by Gasteiger charge is -2.29. The van der Waals surface area contributed by atoms with Crippen molar-refractivity contribution in [3.63, 3.8) is 0 Å². The summed E-state index contributed by atoms with van der Waals surface area (Å²) in [6.45, 7) is 6.69. The number of carboxylic acid groups (broad SMARTS) is 1. The molecule has 1 fully saturated rings. The topological polar surface area (TPSA) is 75.6 Å². The Morgan fingerprint density at radius 2 is 2.00 bits per heavy atom. The van der Waals surface area contributed by atoms with E-state index in [-0.39, 0.29) is 17.9 Å². The summed E-state index contributed by atoms with van der Waals surface area (Å²) < 4.78 is 5.26. The van der Waals surface area contributed by atoms with Crippen molar-refractivity contribution in [2.45, 2.75) is 52.0 Å². The summed E-state index contributed by atoms with van der Waals surface area (Å²) in [4.78, 5) is 23.3. The van der Waals surface area contributed by atoms with Gasteiger partial charge in [0.1, 0.15) is 0 Å². The molecule has 1 aliphatic heterocycles. The highest BCUT2D eigenvalue weighted by Crippen LogP contribution is 2.31. The molecule has 1 rings (SSSR count). The number of ether oxygens (including phenoxy) is 1. The molecule has 1 atom stereocenters. The molecule has 1 heterocycles. The second kappa shape index (κ2) is 5.69. The minimum atomic E-state index is -0.945. The van der Waals surface area contributed by atoms with E-state index in [4.69, 9.17) is 4.74 Å². The van der Waals surface area contributed by atoms with Gasteiger partial charge in [-0.25, -0.2) is 0 Å². The van der Waals surface area contributed by atoms with Crippen LogP contribution in [0, 0.1) is 5.41 Å². The first-order chi connectivity index (χ1) is 8.37. The zero-order valence-corrected chi connectivity index (χ0v) is 11.4. The van der Waals surface area contributed by atoms with Crippen molar-refractivity contribution in [3.05, 3.63) is 0 Å². The fourth-order valence-electron chi connectivity index (χ4n) is 2.33. The third-order valence-corrected chi connectivity index (χ3v) is 3.97. The smallest absolute Gasteiger partial charge is 0.310 e. The Bertz CT molecular complexity index is 317. The van der Waals surface area contributed by atoms with Crippen LogP contribution in [-0.2, 0) is 14.3 Å². The van der Waals surface area contributed by atoms with Gasteiger partial charge in [-0.15, -0.1) is 0 Å². The first-order valence-electron chi connectivity index (χ1n) is 6.49. The van der Waals surface area contributed by atoms with Crippen molar-refractivity contribution < 1.29 is 19.4 Å². The van der Waals surface area contributed by atoms with Crippen LogP contribution in [0.25, 0.3) is 0 Å². The molecule has 1 unspecified atom stereocenters. The van der Waals surface area contributed by atoms with Gasteiger partial charge in [-0.3, -0.25) is 9.59 Å². The molecule has 1 saturated heterocycles. The quantitative estimate of drug-likeness (QED) is 0.757. The maximum Gasteiger partial charge on any atom is 0.310 e. The lowest BCUT2D eigenvalue weighted by molar-refractivity contribution is -0.152. The van der Waals surface area contributed by atoms with Crippen molar-refractivity contribution >= 4 is 11.9 Å². The minimum Gasteiger partial charge on any atom is -0.481 e. The molecule has 18 heavy (non-hydrogen) atoms. The minimum absolute atomic E-state index is 0.0327. The lowest BCUT2D eigenvalue weighted by atomic mass is 9.79. The predicted octanol–water partition coefficient (Wildman–Crippen LogP) is 1.56. The summed E-state index contributed by atoms with van der Waals surface area (Å²) in [7, 11) is 0. The molecule has 0 bridgehead atoms. The molecule has 0 aromatic heterocycles. The normalized spacial score (nSPS) is 23.9. The van der Waals surface area contributed by atoms with Gasteiger partial charge in [-0.05, 0) is 26.2 Å². The number of hydrogen-bond acceptors (Lipinski definition) is 3. The Morgan fingerprint density at radius 3 is 2.39 bits per heavy atom. The molecule has 5 nitrogen and oxygen atoms in total. The van der Waals surface area contributed by atoms with Crippen LogP contribution in [0.4, 0.5) is 0 Å². The third-order valence-electron chi connectivity index (χ3n) is 3.97. The summed E-state index contributed by atoms with van der Waals surface area (Å²) in [6.07, 6.45) is 1.72. The molecule has 2 N–H and O–H groups in total. The van der Waals surface area contributed by atoms with E-state index in [0.717, 1.165) is 6.42 Å². The van der Waals surface area contributed by atoms with E-state index in [0.29, 0.717) is 26.1 Å². The van der Waals surface area contributed by atoms with E-state index >= 15 is 0 Å². The predicted molar refractivity (Wildman–Crippen MR) is 67.3 cm³/mol. The van der Waals surface area contributed by atoms with Crippen LogP contribution < -0.4 is 5.32 Å². The van der Waals surface area contributed by atoms with Crippen molar-refractivity contribution in [1.82, 2.24) is 5.32 Å². The first kappa shape index (κ1) is 15.0. The van der Waals surface area contributed by atoms with Gasteiger partial charge in [-0.2, -0.15) is 0 Å². The second-order valence-corrected chi connectivity index (χ2v) is 5.38. The Labute approximate surface area is 108 Å². The van der Waals surface area contributed by atoms with Crippen LogP contribution in [-0.4, -0.2) is 35.7 Å². The van der Waals surface area contributed by atoms with E-state index in [9.17, 15) is 14.7 Å². The Kier molecular flexibility index (Phi) is 4.73. The number of carboxylic acids is 1. The molecular weight excluding hydrogens is 234 g/mol.